The largest absolute Gasteiger partial charge is 0.370 e. The minimum absolute atomic E-state index is 0.123. The van der Waals surface area contributed by atoms with Crippen LogP contribution in [0, 0.1) is 16.7 Å². The van der Waals surface area contributed by atoms with E-state index in [9.17, 15) is 0 Å². The second kappa shape index (κ2) is 4.79. The zero-order valence-electron chi connectivity index (χ0n) is 8.81. The number of nitrogens with two attached hydrogens (primary N) is 2. The number of benzene rings is 1. The van der Waals surface area contributed by atoms with Gasteiger partial charge in [0, 0.05) is 7.05 Å². The van der Waals surface area contributed by atoms with Crippen molar-refractivity contribution in [2.24, 2.45) is 16.5 Å². The molecule has 0 bridgehead atoms. The number of hydrogen-bond acceptors (Lipinski definition) is 2. The molecule has 0 spiro atoms. The number of nitrogens with one attached hydrogen (secondary N) is 1. The summed E-state index contributed by atoms with van der Waals surface area (Å²) in [6.07, 6.45) is 0. The van der Waals surface area contributed by atoms with E-state index in [2.05, 4.69) is 4.99 Å². The molecule has 16 heavy (non-hydrogen) atoms. The Labute approximate surface area is 93.3 Å². The van der Waals surface area contributed by atoms with Crippen molar-refractivity contribution in [3.8, 4) is 6.07 Å². The van der Waals surface area contributed by atoms with Gasteiger partial charge in [-0.2, -0.15) is 10.3 Å². The van der Waals surface area contributed by atoms with E-state index in [1.165, 1.54) is 4.90 Å². The van der Waals surface area contributed by atoms with E-state index >= 15 is 0 Å². The van der Waals surface area contributed by atoms with Gasteiger partial charge in [0.15, 0.2) is 5.96 Å². The molecule has 82 valence electrons. The summed E-state index contributed by atoms with van der Waals surface area (Å²) >= 11 is 0. The molecular formula is C10H12N6. The van der Waals surface area contributed by atoms with Crippen LogP contribution in [-0.4, -0.2) is 19.0 Å². The monoisotopic (exact) mass is 216 g/mol. The lowest BCUT2D eigenvalue weighted by molar-refractivity contribution is 1.18. The van der Waals surface area contributed by atoms with E-state index in [1.807, 2.05) is 6.07 Å². The van der Waals surface area contributed by atoms with Crippen molar-refractivity contribution in [3.63, 3.8) is 0 Å². The van der Waals surface area contributed by atoms with Crippen molar-refractivity contribution in [1.82, 2.24) is 0 Å². The van der Waals surface area contributed by atoms with Crippen molar-refractivity contribution < 1.29 is 0 Å². The SMILES string of the molecule is CN(C(=N)N=C(N)N)c1ccccc1C#N. The van der Waals surface area contributed by atoms with Gasteiger partial charge in [-0.3, -0.25) is 5.41 Å². The molecule has 0 aliphatic rings. The minimum atomic E-state index is -0.189. The lowest BCUT2D eigenvalue weighted by Crippen LogP contribution is -2.30. The zero-order valence-corrected chi connectivity index (χ0v) is 8.81. The highest BCUT2D eigenvalue weighted by Crippen LogP contribution is 2.18. The zero-order chi connectivity index (χ0) is 12.1. The summed E-state index contributed by atoms with van der Waals surface area (Å²) in [5.41, 5.74) is 11.4. The van der Waals surface area contributed by atoms with E-state index in [4.69, 9.17) is 22.1 Å². The average Bonchev–Trinajstić information content (AvgIpc) is 2.27. The molecule has 0 saturated heterocycles. The average molecular weight is 216 g/mol. The molecule has 1 aromatic rings. The van der Waals surface area contributed by atoms with Crippen LogP contribution >= 0.6 is 0 Å². The molecule has 0 saturated carbocycles. The summed E-state index contributed by atoms with van der Waals surface area (Å²) in [5.74, 6) is -0.311. The first-order chi connectivity index (χ1) is 7.56. The maximum absolute atomic E-state index is 8.90. The van der Waals surface area contributed by atoms with Crippen LogP contribution in [0.3, 0.4) is 0 Å². The highest BCUT2D eigenvalue weighted by atomic mass is 15.3. The van der Waals surface area contributed by atoms with Crippen LogP contribution in [0.1, 0.15) is 5.56 Å². The molecule has 0 fully saturated rings. The molecule has 0 radical (unpaired) electrons. The second-order valence-corrected chi connectivity index (χ2v) is 3.05. The van der Waals surface area contributed by atoms with Crippen LogP contribution < -0.4 is 16.4 Å². The first kappa shape index (κ1) is 11.5. The molecular weight excluding hydrogens is 204 g/mol. The van der Waals surface area contributed by atoms with E-state index in [1.54, 1.807) is 31.3 Å². The van der Waals surface area contributed by atoms with Crippen molar-refractivity contribution in [2.45, 2.75) is 0 Å². The Morgan fingerprint density at radius 3 is 2.62 bits per heavy atom. The molecule has 0 aromatic heterocycles. The summed E-state index contributed by atoms with van der Waals surface area (Å²) in [7, 11) is 1.62. The lowest BCUT2D eigenvalue weighted by atomic mass is 10.2. The third-order valence-corrected chi connectivity index (χ3v) is 1.94. The molecule has 6 nitrogen and oxygen atoms in total. The number of aliphatic imine (C=N–C) groups is 1. The van der Waals surface area contributed by atoms with Crippen LogP contribution in [-0.2, 0) is 0 Å². The highest BCUT2D eigenvalue weighted by Gasteiger charge is 2.10. The predicted octanol–water partition coefficient (Wildman–Crippen LogP) is 0.203. The predicted molar refractivity (Wildman–Crippen MR) is 63.1 cm³/mol. The standard InChI is InChI=1S/C10H12N6/c1-16(10(14)15-9(12)13)8-5-3-2-4-7(8)6-11/h2-5H,1H3,(H5,12,13,14,15). The van der Waals surface area contributed by atoms with Gasteiger partial charge in [0.1, 0.15) is 6.07 Å². The fourth-order valence-electron chi connectivity index (χ4n) is 1.17. The van der Waals surface area contributed by atoms with Crippen molar-refractivity contribution in [3.05, 3.63) is 29.8 Å². The van der Waals surface area contributed by atoms with Crippen LogP contribution in [0.2, 0.25) is 0 Å². The molecule has 0 unspecified atom stereocenters. The molecule has 1 rings (SSSR count). The quantitative estimate of drug-likeness (QED) is 0.459. The number of nitrogens with zero attached hydrogens (tertiary/aromatic N) is 3. The molecule has 5 N–H and O–H groups in total. The first-order valence-electron chi connectivity index (χ1n) is 4.47. The third-order valence-electron chi connectivity index (χ3n) is 1.94. The van der Waals surface area contributed by atoms with E-state index in [-0.39, 0.29) is 11.9 Å². The van der Waals surface area contributed by atoms with E-state index in [0.717, 1.165) is 0 Å². The van der Waals surface area contributed by atoms with Gasteiger partial charge in [0.2, 0.25) is 5.96 Å². The first-order valence-corrected chi connectivity index (χ1v) is 4.47. The van der Waals surface area contributed by atoms with Gasteiger partial charge in [-0.25, -0.2) is 0 Å². The Morgan fingerprint density at radius 2 is 2.06 bits per heavy atom. The number of rotatable bonds is 1. The Bertz CT molecular complexity index is 466. The van der Waals surface area contributed by atoms with Gasteiger partial charge in [-0.15, -0.1) is 0 Å². The summed E-state index contributed by atoms with van der Waals surface area (Å²) in [6.45, 7) is 0. The summed E-state index contributed by atoms with van der Waals surface area (Å²) < 4.78 is 0. The molecule has 0 heterocycles. The number of guanidine groups is 2. The number of para-hydroxylation sites is 1. The van der Waals surface area contributed by atoms with Gasteiger partial charge >= 0.3 is 0 Å². The number of nitriles is 1. The highest BCUT2D eigenvalue weighted by molar-refractivity contribution is 6.01. The Hall–Kier alpha value is -2.55. The van der Waals surface area contributed by atoms with E-state index < -0.39 is 0 Å². The lowest BCUT2D eigenvalue weighted by Gasteiger charge is -2.17. The van der Waals surface area contributed by atoms with Crippen LogP contribution in [0.25, 0.3) is 0 Å². The Kier molecular flexibility index (Phi) is 3.45. The maximum atomic E-state index is 8.90. The van der Waals surface area contributed by atoms with Crippen molar-refractivity contribution >= 4 is 17.6 Å². The third kappa shape index (κ3) is 2.48. The topological polar surface area (TPSA) is 115 Å². The van der Waals surface area contributed by atoms with Crippen LogP contribution in [0.15, 0.2) is 29.3 Å². The molecule has 0 atom stereocenters. The fourth-order valence-corrected chi connectivity index (χ4v) is 1.17. The maximum Gasteiger partial charge on any atom is 0.225 e. The summed E-state index contributed by atoms with van der Waals surface area (Å²) in [5, 5.41) is 16.5. The van der Waals surface area contributed by atoms with Crippen LogP contribution in [0.4, 0.5) is 5.69 Å². The normalized spacial score (nSPS) is 9.00. The van der Waals surface area contributed by atoms with Crippen molar-refractivity contribution in [1.29, 1.82) is 10.7 Å². The number of anilines is 1. The molecule has 0 aliphatic heterocycles. The summed E-state index contributed by atoms with van der Waals surface area (Å²) in [6, 6.07) is 8.94. The Balaban J connectivity index is 3.06. The van der Waals surface area contributed by atoms with Crippen LogP contribution in [0.5, 0.6) is 0 Å². The van der Waals surface area contributed by atoms with Crippen molar-refractivity contribution in [2.75, 3.05) is 11.9 Å². The Morgan fingerprint density at radius 1 is 1.44 bits per heavy atom. The minimum Gasteiger partial charge on any atom is -0.370 e. The van der Waals surface area contributed by atoms with Gasteiger partial charge in [-0.05, 0) is 12.1 Å². The molecule has 1 aromatic carbocycles. The fraction of sp³-hybridized carbons (Fsp3) is 0.100. The summed E-state index contributed by atoms with van der Waals surface area (Å²) in [4.78, 5) is 5.03. The molecule has 6 heteroatoms. The smallest absolute Gasteiger partial charge is 0.225 e. The molecule has 0 aliphatic carbocycles. The molecule has 0 amide bonds. The van der Waals surface area contributed by atoms with E-state index in [0.29, 0.717) is 11.3 Å². The second-order valence-electron chi connectivity index (χ2n) is 3.05. The van der Waals surface area contributed by atoms with Gasteiger partial charge < -0.3 is 16.4 Å². The number of hydrogen-bond donors (Lipinski definition) is 3. The van der Waals surface area contributed by atoms with Gasteiger partial charge in [0.05, 0.1) is 11.3 Å². The van der Waals surface area contributed by atoms with Gasteiger partial charge in [-0.1, -0.05) is 12.1 Å². The van der Waals surface area contributed by atoms with Gasteiger partial charge in [0.25, 0.3) is 0 Å².